The number of aromatic nitrogens is 1. The number of amides is 2. The third kappa shape index (κ3) is 4.66. The van der Waals surface area contributed by atoms with Crippen molar-refractivity contribution in [1.29, 1.82) is 0 Å². The minimum atomic E-state index is -0.489. The summed E-state index contributed by atoms with van der Waals surface area (Å²) in [5.41, 5.74) is 3.64. The van der Waals surface area contributed by atoms with Crippen molar-refractivity contribution in [2.24, 2.45) is 5.92 Å². The van der Waals surface area contributed by atoms with Gasteiger partial charge in [0.05, 0.1) is 0 Å². The molecule has 0 radical (unpaired) electrons. The zero-order valence-electron chi connectivity index (χ0n) is 17.5. The van der Waals surface area contributed by atoms with Crippen LogP contribution in [-0.4, -0.2) is 47.1 Å². The molecule has 1 aromatic heterocycles. The molecule has 28 heavy (non-hydrogen) atoms. The molecule has 2 aromatic rings. The van der Waals surface area contributed by atoms with Crippen molar-refractivity contribution in [3.05, 3.63) is 35.0 Å². The smallest absolute Gasteiger partial charge is 0.407 e. The van der Waals surface area contributed by atoms with E-state index in [-0.39, 0.29) is 12.0 Å². The predicted molar refractivity (Wildman–Crippen MR) is 111 cm³/mol. The number of aryl methyl sites for hydroxylation is 2. The summed E-state index contributed by atoms with van der Waals surface area (Å²) in [6.07, 6.45) is 1.38. The van der Waals surface area contributed by atoms with Crippen LogP contribution in [0.25, 0.3) is 10.9 Å². The number of fused-ring (bicyclic) bond motifs is 1. The topological polar surface area (TPSA) is 74.4 Å². The van der Waals surface area contributed by atoms with Gasteiger partial charge in [-0.1, -0.05) is 0 Å². The fourth-order valence-corrected chi connectivity index (χ4v) is 3.66. The second-order valence-electron chi connectivity index (χ2n) is 8.75. The monoisotopic (exact) mass is 385 g/mol. The van der Waals surface area contributed by atoms with Gasteiger partial charge in [-0.2, -0.15) is 0 Å². The first kappa shape index (κ1) is 20.2. The number of carbonyl (C=O) groups excluding carboxylic acids is 2. The normalized spacial score (nSPS) is 15.7. The van der Waals surface area contributed by atoms with Gasteiger partial charge in [-0.3, -0.25) is 4.79 Å². The van der Waals surface area contributed by atoms with E-state index in [4.69, 9.17) is 4.74 Å². The van der Waals surface area contributed by atoms with E-state index in [1.54, 1.807) is 0 Å². The van der Waals surface area contributed by atoms with Gasteiger partial charge in [-0.15, -0.1) is 0 Å². The molecule has 6 nitrogen and oxygen atoms in total. The maximum atomic E-state index is 12.9. The molecule has 6 heteroatoms. The SMILES string of the molecule is Cc1[nH]c2ccc(C(=O)N3CCC(CNC(=O)OC(C)(C)C)CC3)cc2c1C. The molecule has 152 valence electrons. The van der Waals surface area contributed by atoms with Crippen molar-refractivity contribution in [2.45, 2.75) is 53.1 Å². The fourth-order valence-electron chi connectivity index (χ4n) is 3.66. The Morgan fingerprint density at radius 3 is 2.54 bits per heavy atom. The highest BCUT2D eigenvalue weighted by molar-refractivity contribution is 5.99. The number of alkyl carbamates (subject to hydrolysis) is 1. The molecule has 2 amide bonds. The Balaban J connectivity index is 1.54. The number of nitrogens with one attached hydrogen (secondary N) is 2. The van der Waals surface area contributed by atoms with Crippen LogP contribution in [0.3, 0.4) is 0 Å². The predicted octanol–water partition coefficient (Wildman–Crippen LogP) is 4.16. The number of aromatic amines is 1. The van der Waals surface area contributed by atoms with Crippen LogP contribution in [0, 0.1) is 19.8 Å². The lowest BCUT2D eigenvalue weighted by Gasteiger charge is -2.32. The molecule has 0 saturated carbocycles. The fraction of sp³-hybridized carbons (Fsp3) is 0.545. The average molecular weight is 386 g/mol. The molecule has 2 N–H and O–H groups in total. The van der Waals surface area contributed by atoms with Crippen molar-refractivity contribution in [2.75, 3.05) is 19.6 Å². The molecule has 0 bridgehead atoms. The highest BCUT2D eigenvalue weighted by Crippen LogP contribution is 2.24. The Labute approximate surface area is 166 Å². The summed E-state index contributed by atoms with van der Waals surface area (Å²) in [4.78, 5) is 30.0. The quantitative estimate of drug-likeness (QED) is 0.833. The van der Waals surface area contributed by atoms with Crippen LogP contribution in [0.1, 0.15) is 55.2 Å². The second kappa shape index (κ2) is 7.86. The molecule has 1 fully saturated rings. The number of rotatable bonds is 3. The minimum Gasteiger partial charge on any atom is -0.444 e. The third-order valence-electron chi connectivity index (χ3n) is 5.39. The number of H-pyrrole nitrogens is 1. The number of ether oxygens (including phenoxy) is 1. The van der Waals surface area contributed by atoms with Crippen molar-refractivity contribution in [3.63, 3.8) is 0 Å². The Morgan fingerprint density at radius 1 is 1.21 bits per heavy atom. The van der Waals surface area contributed by atoms with Crippen LogP contribution in [0.15, 0.2) is 18.2 Å². The molecule has 0 aliphatic carbocycles. The zero-order valence-corrected chi connectivity index (χ0v) is 17.5. The first-order valence-corrected chi connectivity index (χ1v) is 9.99. The molecule has 0 atom stereocenters. The molecule has 1 saturated heterocycles. The standard InChI is InChI=1S/C22H31N3O3/c1-14-15(2)24-19-7-6-17(12-18(14)19)20(26)25-10-8-16(9-11-25)13-23-21(27)28-22(3,4)5/h6-7,12,16,24H,8-11,13H2,1-5H3,(H,23,27). The molecule has 1 aliphatic heterocycles. The number of piperidine rings is 1. The van der Waals surface area contributed by atoms with Crippen molar-refractivity contribution in [1.82, 2.24) is 15.2 Å². The Bertz CT molecular complexity index is 871. The number of benzene rings is 1. The van der Waals surface area contributed by atoms with Gasteiger partial charge in [0.25, 0.3) is 5.91 Å². The summed E-state index contributed by atoms with van der Waals surface area (Å²) in [5.74, 6) is 0.451. The minimum absolute atomic E-state index is 0.0821. The number of hydrogen-bond donors (Lipinski definition) is 2. The number of likely N-dealkylation sites (tertiary alicyclic amines) is 1. The number of hydrogen-bond acceptors (Lipinski definition) is 3. The van der Waals surface area contributed by atoms with Gasteiger partial charge in [0, 0.05) is 41.8 Å². The summed E-state index contributed by atoms with van der Waals surface area (Å²) < 4.78 is 5.28. The largest absolute Gasteiger partial charge is 0.444 e. The lowest BCUT2D eigenvalue weighted by molar-refractivity contribution is 0.0500. The molecule has 0 unspecified atom stereocenters. The van der Waals surface area contributed by atoms with Crippen LogP contribution in [0.2, 0.25) is 0 Å². The lowest BCUT2D eigenvalue weighted by atomic mass is 9.96. The van der Waals surface area contributed by atoms with Crippen LogP contribution in [0.5, 0.6) is 0 Å². The molecule has 0 spiro atoms. The van der Waals surface area contributed by atoms with E-state index in [0.29, 0.717) is 25.6 Å². The first-order chi connectivity index (χ1) is 13.1. The lowest BCUT2D eigenvalue weighted by Crippen LogP contribution is -2.42. The van der Waals surface area contributed by atoms with Gasteiger partial charge >= 0.3 is 6.09 Å². The third-order valence-corrected chi connectivity index (χ3v) is 5.39. The molecule has 1 aromatic carbocycles. The van der Waals surface area contributed by atoms with Gasteiger partial charge in [0.2, 0.25) is 0 Å². The molecule has 1 aliphatic rings. The van der Waals surface area contributed by atoms with Gasteiger partial charge in [-0.05, 0) is 77.1 Å². The van der Waals surface area contributed by atoms with Gasteiger partial charge in [0.15, 0.2) is 0 Å². The highest BCUT2D eigenvalue weighted by atomic mass is 16.6. The summed E-state index contributed by atoms with van der Waals surface area (Å²) in [6, 6.07) is 5.88. The van der Waals surface area contributed by atoms with E-state index in [1.807, 2.05) is 50.8 Å². The molecule has 2 heterocycles. The molecule has 3 rings (SSSR count). The maximum absolute atomic E-state index is 12.9. The van der Waals surface area contributed by atoms with Crippen molar-refractivity contribution < 1.29 is 14.3 Å². The maximum Gasteiger partial charge on any atom is 0.407 e. The summed E-state index contributed by atoms with van der Waals surface area (Å²) >= 11 is 0. The summed E-state index contributed by atoms with van der Waals surface area (Å²) in [6.45, 7) is 11.7. The van der Waals surface area contributed by atoms with E-state index in [9.17, 15) is 9.59 Å². The molecular formula is C22H31N3O3. The van der Waals surface area contributed by atoms with Crippen molar-refractivity contribution in [3.8, 4) is 0 Å². The van der Waals surface area contributed by atoms with E-state index in [0.717, 1.165) is 35.0 Å². The van der Waals surface area contributed by atoms with Gasteiger partial charge in [-0.25, -0.2) is 4.79 Å². The zero-order chi connectivity index (χ0) is 20.5. The highest BCUT2D eigenvalue weighted by Gasteiger charge is 2.25. The van der Waals surface area contributed by atoms with Crippen LogP contribution >= 0.6 is 0 Å². The van der Waals surface area contributed by atoms with E-state index < -0.39 is 5.60 Å². The van der Waals surface area contributed by atoms with Crippen LogP contribution in [-0.2, 0) is 4.74 Å². The summed E-state index contributed by atoms with van der Waals surface area (Å²) in [7, 11) is 0. The van der Waals surface area contributed by atoms with Gasteiger partial charge in [0.1, 0.15) is 5.60 Å². The Morgan fingerprint density at radius 2 is 1.89 bits per heavy atom. The summed E-state index contributed by atoms with van der Waals surface area (Å²) in [5, 5.41) is 3.96. The number of carbonyl (C=O) groups is 2. The van der Waals surface area contributed by atoms with E-state index >= 15 is 0 Å². The second-order valence-corrected chi connectivity index (χ2v) is 8.75. The average Bonchev–Trinajstić information content (AvgIpc) is 2.92. The Hall–Kier alpha value is -2.50. The van der Waals surface area contributed by atoms with Gasteiger partial charge < -0.3 is 19.9 Å². The Kier molecular flexibility index (Phi) is 5.68. The van der Waals surface area contributed by atoms with E-state index in [1.165, 1.54) is 5.56 Å². The van der Waals surface area contributed by atoms with Crippen LogP contribution < -0.4 is 5.32 Å². The van der Waals surface area contributed by atoms with Crippen LogP contribution in [0.4, 0.5) is 4.79 Å². The first-order valence-electron chi connectivity index (χ1n) is 9.99. The van der Waals surface area contributed by atoms with E-state index in [2.05, 4.69) is 17.2 Å². The number of nitrogens with zero attached hydrogens (tertiary/aromatic N) is 1. The van der Waals surface area contributed by atoms with Crippen molar-refractivity contribution >= 4 is 22.9 Å². The molecular weight excluding hydrogens is 354 g/mol.